The highest BCUT2D eigenvalue weighted by atomic mass is 79.9. The van der Waals surface area contributed by atoms with E-state index in [4.69, 9.17) is 0 Å². The molecule has 0 saturated heterocycles. The van der Waals surface area contributed by atoms with Crippen LogP contribution in [0.4, 0.5) is 5.69 Å². The van der Waals surface area contributed by atoms with E-state index in [1.54, 1.807) is 30.3 Å². The van der Waals surface area contributed by atoms with Crippen LogP contribution < -0.4 is 4.72 Å². The highest BCUT2D eigenvalue weighted by Crippen LogP contribution is 2.24. The van der Waals surface area contributed by atoms with Crippen LogP contribution in [0.25, 0.3) is 0 Å². The zero-order chi connectivity index (χ0) is 17.0. The maximum atomic E-state index is 12.6. The van der Waals surface area contributed by atoms with Crippen molar-refractivity contribution in [3.8, 4) is 0 Å². The van der Waals surface area contributed by atoms with Gasteiger partial charge in [0.15, 0.2) is 0 Å². The van der Waals surface area contributed by atoms with Gasteiger partial charge in [-0.3, -0.25) is 4.72 Å². The first-order chi connectivity index (χ1) is 11.5. The molecule has 0 radical (unpaired) electrons. The van der Waals surface area contributed by atoms with Gasteiger partial charge in [-0.1, -0.05) is 54.6 Å². The zero-order valence-corrected chi connectivity index (χ0v) is 15.2. The van der Waals surface area contributed by atoms with Crippen LogP contribution in [0.1, 0.15) is 11.1 Å². The molecule has 0 aromatic heterocycles. The van der Waals surface area contributed by atoms with Gasteiger partial charge in [0, 0.05) is 10.2 Å². The Morgan fingerprint density at radius 1 is 0.792 bits per heavy atom. The Labute approximate surface area is 150 Å². The number of anilines is 1. The summed E-state index contributed by atoms with van der Waals surface area (Å²) in [5.41, 5.74) is 2.79. The van der Waals surface area contributed by atoms with Crippen LogP contribution in [-0.2, 0) is 16.4 Å². The number of halogens is 1. The molecule has 3 aromatic rings. The number of nitrogens with one attached hydrogen (secondary N) is 1. The largest absolute Gasteiger partial charge is 0.280 e. The van der Waals surface area contributed by atoms with Gasteiger partial charge >= 0.3 is 0 Å². The Hall–Kier alpha value is -2.11. The van der Waals surface area contributed by atoms with E-state index in [1.165, 1.54) is 5.56 Å². The summed E-state index contributed by atoms with van der Waals surface area (Å²) in [6.45, 7) is 0. The third-order valence-electron chi connectivity index (χ3n) is 3.56. The highest BCUT2D eigenvalue weighted by Gasteiger charge is 2.17. The van der Waals surface area contributed by atoms with Crippen molar-refractivity contribution in [3.63, 3.8) is 0 Å². The SMILES string of the molecule is O=S(=O)(Nc1cccc(Cc2ccccc2)c1)c1ccccc1Br. The van der Waals surface area contributed by atoms with Crippen LogP contribution in [0, 0.1) is 0 Å². The minimum absolute atomic E-state index is 0.221. The standard InChI is InChI=1S/C19H16BrNO2S/c20-18-11-4-5-12-19(18)24(22,23)21-17-10-6-9-16(14-17)13-15-7-2-1-3-8-15/h1-12,14,21H,13H2. The molecule has 0 bridgehead atoms. The zero-order valence-electron chi connectivity index (χ0n) is 12.8. The summed E-state index contributed by atoms with van der Waals surface area (Å²) in [6.07, 6.45) is 0.755. The average Bonchev–Trinajstić information content (AvgIpc) is 2.56. The van der Waals surface area contributed by atoms with E-state index in [1.807, 2.05) is 36.4 Å². The van der Waals surface area contributed by atoms with E-state index in [0.717, 1.165) is 12.0 Å². The van der Waals surface area contributed by atoms with Crippen LogP contribution in [-0.4, -0.2) is 8.42 Å². The first-order valence-corrected chi connectivity index (χ1v) is 9.72. The molecule has 122 valence electrons. The summed E-state index contributed by atoms with van der Waals surface area (Å²) in [7, 11) is -3.63. The molecular formula is C19H16BrNO2S. The van der Waals surface area contributed by atoms with Crippen molar-refractivity contribution < 1.29 is 8.42 Å². The average molecular weight is 402 g/mol. The fourth-order valence-electron chi connectivity index (χ4n) is 2.45. The smallest absolute Gasteiger partial charge is 0.263 e. The summed E-state index contributed by atoms with van der Waals surface area (Å²) < 4.78 is 28.3. The molecule has 24 heavy (non-hydrogen) atoms. The molecule has 0 spiro atoms. The third kappa shape index (κ3) is 4.04. The van der Waals surface area contributed by atoms with Crippen molar-refractivity contribution in [1.29, 1.82) is 0 Å². The van der Waals surface area contributed by atoms with Crippen molar-refractivity contribution in [2.45, 2.75) is 11.3 Å². The summed E-state index contributed by atoms with van der Waals surface area (Å²) in [4.78, 5) is 0.221. The minimum atomic E-state index is -3.63. The lowest BCUT2D eigenvalue weighted by Gasteiger charge is -2.11. The lowest BCUT2D eigenvalue weighted by Crippen LogP contribution is -2.13. The number of benzene rings is 3. The second-order valence-corrected chi connectivity index (χ2v) is 7.90. The van der Waals surface area contributed by atoms with Gasteiger partial charge in [-0.2, -0.15) is 0 Å². The molecule has 0 fully saturated rings. The van der Waals surface area contributed by atoms with Gasteiger partial charge in [-0.15, -0.1) is 0 Å². The molecule has 0 unspecified atom stereocenters. The molecule has 0 aliphatic carbocycles. The minimum Gasteiger partial charge on any atom is -0.280 e. The van der Waals surface area contributed by atoms with Crippen LogP contribution >= 0.6 is 15.9 Å². The van der Waals surface area contributed by atoms with Gasteiger partial charge in [0.1, 0.15) is 4.90 Å². The van der Waals surface area contributed by atoms with Gasteiger partial charge < -0.3 is 0 Å². The highest BCUT2D eigenvalue weighted by molar-refractivity contribution is 9.10. The molecule has 0 amide bonds. The van der Waals surface area contributed by atoms with Gasteiger partial charge in [-0.25, -0.2) is 8.42 Å². The van der Waals surface area contributed by atoms with Gasteiger partial charge in [0.25, 0.3) is 10.0 Å². The van der Waals surface area contributed by atoms with E-state index < -0.39 is 10.0 Å². The van der Waals surface area contributed by atoms with Crippen molar-refractivity contribution in [2.75, 3.05) is 4.72 Å². The molecular weight excluding hydrogens is 386 g/mol. The van der Waals surface area contributed by atoms with Gasteiger partial charge in [-0.05, 0) is 57.7 Å². The van der Waals surface area contributed by atoms with Crippen LogP contribution in [0.5, 0.6) is 0 Å². The van der Waals surface area contributed by atoms with E-state index in [9.17, 15) is 8.42 Å². The first kappa shape index (κ1) is 16.7. The predicted octanol–water partition coefficient (Wildman–Crippen LogP) is 4.84. The molecule has 0 atom stereocenters. The lowest BCUT2D eigenvalue weighted by atomic mass is 10.0. The molecule has 0 aliphatic rings. The maximum Gasteiger partial charge on any atom is 0.263 e. The molecule has 3 aromatic carbocycles. The molecule has 0 saturated carbocycles. The molecule has 5 heteroatoms. The number of sulfonamides is 1. The topological polar surface area (TPSA) is 46.2 Å². The van der Waals surface area contributed by atoms with Crippen molar-refractivity contribution in [2.24, 2.45) is 0 Å². The van der Waals surface area contributed by atoms with Crippen LogP contribution in [0.15, 0.2) is 88.2 Å². The van der Waals surface area contributed by atoms with E-state index in [0.29, 0.717) is 10.2 Å². The van der Waals surface area contributed by atoms with E-state index in [2.05, 4.69) is 32.8 Å². The van der Waals surface area contributed by atoms with Crippen LogP contribution in [0.2, 0.25) is 0 Å². The molecule has 3 nitrogen and oxygen atoms in total. The fourth-order valence-corrected chi connectivity index (χ4v) is 4.50. The van der Waals surface area contributed by atoms with Crippen molar-refractivity contribution >= 4 is 31.6 Å². The Balaban J connectivity index is 1.83. The summed E-state index contributed by atoms with van der Waals surface area (Å²) >= 11 is 3.28. The molecule has 1 N–H and O–H groups in total. The Kier molecular flexibility index (Phi) is 5.02. The third-order valence-corrected chi connectivity index (χ3v) is 5.95. The van der Waals surface area contributed by atoms with E-state index >= 15 is 0 Å². The first-order valence-electron chi connectivity index (χ1n) is 7.45. The second-order valence-electron chi connectivity index (χ2n) is 5.40. The van der Waals surface area contributed by atoms with Crippen LogP contribution in [0.3, 0.4) is 0 Å². The monoisotopic (exact) mass is 401 g/mol. The number of hydrogen-bond donors (Lipinski definition) is 1. The Bertz CT molecular complexity index is 940. The second kappa shape index (κ2) is 7.20. The fraction of sp³-hybridized carbons (Fsp3) is 0.0526. The quantitative estimate of drug-likeness (QED) is 0.664. The predicted molar refractivity (Wildman–Crippen MR) is 101 cm³/mol. The Morgan fingerprint density at radius 2 is 1.46 bits per heavy atom. The summed E-state index contributed by atoms with van der Waals surface area (Å²) in [5.74, 6) is 0. The number of rotatable bonds is 5. The van der Waals surface area contributed by atoms with Crippen molar-refractivity contribution in [3.05, 3.63) is 94.5 Å². The lowest BCUT2D eigenvalue weighted by molar-refractivity contribution is 0.601. The van der Waals surface area contributed by atoms with Crippen molar-refractivity contribution in [1.82, 2.24) is 0 Å². The van der Waals surface area contributed by atoms with E-state index in [-0.39, 0.29) is 4.90 Å². The molecule has 3 rings (SSSR count). The normalized spacial score (nSPS) is 11.2. The number of hydrogen-bond acceptors (Lipinski definition) is 2. The maximum absolute atomic E-state index is 12.6. The Morgan fingerprint density at radius 3 is 2.21 bits per heavy atom. The summed E-state index contributed by atoms with van der Waals surface area (Å²) in [5, 5.41) is 0. The van der Waals surface area contributed by atoms with Gasteiger partial charge in [0.05, 0.1) is 0 Å². The summed E-state index contributed by atoms with van der Waals surface area (Å²) in [6, 6.07) is 24.3. The molecule has 0 heterocycles. The van der Waals surface area contributed by atoms with Gasteiger partial charge in [0.2, 0.25) is 0 Å². The molecule has 0 aliphatic heterocycles.